The van der Waals surface area contributed by atoms with E-state index in [-0.39, 0.29) is 0 Å². The topological polar surface area (TPSA) is 115 Å². The van der Waals surface area contributed by atoms with Gasteiger partial charge in [0.15, 0.2) is 0 Å². The fourth-order valence-corrected chi connectivity index (χ4v) is 3.78. The van der Waals surface area contributed by atoms with E-state index in [0.717, 1.165) is 53.6 Å². The number of aromatic nitrogens is 4. The van der Waals surface area contributed by atoms with Crippen molar-refractivity contribution in [1.82, 2.24) is 25.5 Å². The molecule has 0 bridgehead atoms. The van der Waals surface area contributed by atoms with Crippen LogP contribution in [0.4, 0.5) is 13.2 Å². The Hall–Kier alpha value is -2.77. The number of rotatable bonds is 5. The smallest absolute Gasteiger partial charge is 0.475 e. The summed E-state index contributed by atoms with van der Waals surface area (Å²) in [6.45, 7) is 7.58. The van der Waals surface area contributed by atoms with Gasteiger partial charge in [0.1, 0.15) is 11.5 Å². The van der Waals surface area contributed by atoms with E-state index in [1.165, 1.54) is 0 Å². The van der Waals surface area contributed by atoms with Crippen LogP contribution >= 0.6 is 11.3 Å². The Kier molecular flexibility index (Phi) is 7.64. The normalized spacial score (nSPS) is 16.1. The standard InChI is InChI=1S/C17H21N5O2S.C2HF3O2/c1-11-15(12(2)24-20-11)6-18-5-13-7-22-16(9-23-8-13)17(19-21-22)14-3-4-25-10-14;3-2(4,5)1(6)7/h3-4,10,13,18H,5-9H2,1-2H3;(H,6,7). The SMILES string of the molecule is Cc1noc(C)c1CNCC1COCc2c(-c3ccsc3)nnn2C1.O=C(O)C(F)(F)F. The molecule has 9 nitrogen and oxygen atoms in total. The molecule has 2 N–H and O–H groups in total. The summed E-state index contributed by atoms with van der Waals surface area (Å²) >= 11 is 1.67. The summed E-state index contributed by atoms with van der Waals surface area (Å²) in [7, 11) is 0. The molecule has 0 spiro atoms. The number of carboxylic acids is 1. The van der Waals surface area contributed by atoms with E-state index in [1.54, 1.807) is 11.3 Å². The van der Waals surface area contributed by atoms with Crippen LogP contribution in [0.25, 0.3) is 11.3 Å². The average Bonchev–Trinajstić information content (AvgIpc) is 3.42. The second-order valence-electron chi connectivity index (χ2n) is 7.20. The molecule has 1 unspecified atom stereocenters. The first-order chi connectivity index (χ1) is 15.2. The zero-order valence-electron chi connectivity index (χ0n) is 17.3. The number of carbonyl (C=O) groups is 1. The van der Waals surface area contributed by atoms with Crippen molar-refractivity contribution in [3.8, 4) is 11.3 Å². The van der Waals surface area contributed by atoms with E-state index < -0.39 is 12.1 Å². The van der Waals surface area contributed by atoms with Gasteiger partial charge in [0.05, 0.1) is 24.6 Å². The third kappa shape index (κ3) is 5.93. The highest BCUT2D eigenvalue weighted by molar-refractivity contribution is 7.08. The molecule has 0 aliphatic carbocycles. The number of fused-ring (bicyclic) bond motifs is 1. The fourth-order valence-electron chi connectivity index (χ4n) is 3.14. The number of halogens is 3. The summed E-state index contributed by atoms with van der Waals surface area (Å²) in [6.07, 6.45) is -5.08. The van der Waals surface area contributed by atoms with Crippen LogP contribution in [-0.4, -0.2) is 50.6 Å². The Bertz CT molecular complexity index is 1010. The predicted molar refractivity (Wildman–Crippen MR) is 108 cm³/mol. The van der Waals surface area contributed by atoms with Crippen molar-refractivity contribution in [2.24, 2.45) is 5.92 Å². The van der Waals surface area contributed by atoms with Gasteiger partial charge in [-0.3, -0.25) is 0 Å². The fraction of sp³-hybridized carbons (Fsp3) is 0.474. The monoisotopic (exact) mass is 473 g/mol. The van der Waals surface area contributed by atoms with Gasteiger partial charge in [-0.15, -0.1) is 5.10 Å². The molecule has 0 radical (unpaired) electrons. The van der Waals surface area contributed by atoms with Gasteiger partial charge in [-0.2, -0.15) is 24.5 Å². The zero-order valence-corrected chi connectivity index (χ0v) is 18.2. The van der Waals surface area contributed by atoms with Crippen LogP contribution in [-0.2, 0) is 29.2 Å². The van der Waals surface area contributed by atoms with Crippen molar-refractivity contribution < 1.29 is 32.3 Å². The van der Waals surface area contributed by atoms with Gasteiger partial charge in [0.2, 0.25) is 0 Å². The second-order valence-corrected chi connectivity index (χ2v) is 7.98. The maximum absolute atomic E-state index is 10.6. The summed E-state index contributed by atoms with van der Waals surface area (Å²) in [5.41, 5.74) is 5.19. The average molecular weight is 473 g/mol. The summed E-state index contributed by atoms with van der Waals surface area (Å²) in [5, 5.41) is 27.5. The molecule has 0 amide bonds. The molecule has 13 heteroatoms. The number of hydrogen-bond acceptors (Lipinski definition) is 8. The summed E-state index contributed by atoms with van der Waals surface area (Å²) in [5.74, 6) is -1.53. The molecule has 1 aliphatic heterocycles. The third-order valence-corrected chi connectivity index (χ3v) is 5.50. The highest BCUT2D eigenvalue weighted by Crippen LogP contribution is 2.26. The summed E-state index contributed by atoms with van der Waals surface area (Å²) < 4.78 is 44.8. The molecule has 3 aromatic heterocycles. The first kappa shape index (κ1) is 23.9. The Morgan fingerprint density at radius 1 is 1.41 bits per heavy atom. The van der Waals surface area contributed by atoms with E-state index in [9.17, 15) is 13.2 Å². The van der Waals surface area contributed by atoms with Gasteiger partial charge < -0.3 is 19.7 Å². The number of alkyl halides is 3. The van der Waals surface area contributed by atoms with Gasteiger partial charge in [-0.25, -0.2) is 9.48 Å². The lowest BCUT2D eigenvalue weighted by molar-refractivity contribution is -0.192. The van der Waals surface area contributed by atoms with Crippen LogP contribution in [0, 0.1) is 19.8 Å². The first-order valence-electron chi connectivity index (χ1n) is 9.62. The zero-order chi connectivity index (χ0) is 23.3. The summed E-state index contributed by atoms with van der Waals surface area (Å²) in [6, 6.07) is 2.07. The first-order valence-corrected chi connectivity index (χ1v) is 10.6. The van der Waals surface area contributed by atoms with Crippen LogP contribution < -0.4 is 5.32 Å². The molecule has 1 atom stereocenters. The largest absolute Gasteiger partial charge is 0.490 e. The van der Waals surface area contributed by atoms with Crippen LogP contribution in [0.2, 0.25) is 0 Å². The third-order valence-electron chi connectivity index (χ3n) is 4.81. The number of aryl methyl sites for hydroxylation is 2. The maximum atomic E-state index is 10.6. The molecule has 4 rings (SSSR count). The minimum atomic E-state index is -5.08. The van der Waals surface area contributed by atoms with Crippen molar-refractivity contribution in [3.05, 3.63) is 39.5 Å². The van der Waals surface area contributed by atoms with E-state index in [0.29, 0.717) is 19.1 Å². The van der Waals surface area contributed by atoms with Crippen LogP contribution in [0.3, 0.4) is 0 Å². The number of carboxylic acid groups (broad SMARTS) is 1. The number of thiophene rings is 1. The van der Waals surface area contributed by atoms with Crippen molar-refractivity contribution in [1.29, 1.82) is 0 Å². The van der Waals surface area contributed by atoms with Crippen molar-refractivity contribution in [2.75, 3.05) is 13.2 Å². The van der Waals surface area contributed by atoms with Crippen LogP contribution in [0.15, 0.2) is 21.3 Å². The van der Waals surface area contributed by atoms with E-state index >= 15 is 0 Å². The molecule has 0 saturated heterocycles. The van der Waals surface area contributed by atoms with E-state index in [2.05, 4.69) is 37.6 Å². The molecule has 3 aromatic rings. The quantitative estimate of drug-likeness (QED) is 0.581. The van der Waals surface area contributed by atoms with E-state index in [4.69, 9.17) is 19.2 Å². The lowest BCUT2D eigenvalue weighted by atomic mass is 10.1. The highest BCUT2D eigenvalue weighted by atomic mass is 32.1. The molecular formula is C19H22F3N5O4S. The molecule has 0 saturated carbocycles. The molecule has 0 fully saturated rings. The number of ether oxygens (including phenoxy) is 1. The van der Waals surface area contributed by atoms with Gasteiger partial charge >= 0.3 is 12.1 Å². The highest BCUT2D eigenvalue weighted by Gasteiger charge is 2.38. The predicted octanol–water partition coefficient (Wildman–Crippen LogP) is 3.18. The Morgan fingerprint density at radius 2 is 2.16 bits per heavy atom. The molecule has 174 valence electrons. The second kappa shape index (κ2) is 10.2. The minimum absolute atomic E-state index is 0.346. The van der Waals surface area contributed by atoms with Gasteiger partial charge in [0.25, 0.3) is 0 Å². The Morgan fingerprint density at radius 3 is 2.75 bits per heavy atom. The minimum Gasteiger partial charge on any atom is -0.475 e. The maximum Gasteiger partial charge on any atom is 0.490 e. The van der Waals surface area contributed by atoms with Crippen LogP contribution in [0.1, 0.15) is 22.7 Å². The van der Waals surface area contributed by atoms with Crippen molar-refractivity contribution >= 4 is 17.3 Å². The lowest BCUT2D eigenvalue weighted by Gasteiger charge is -2.14. The van der Waals surface area contributed by atoms with Crippen LogP contribution in [0.5, 0.6) is 0 Å². The molecule has 32 heavy (non-hydrogen) atoms. The number of aliphatic carboxylic acids is 1. The van der Waals surface area contributed by atoms with Crippen molar-refractivity contribution in [3.63, 3.8) is 0 Å². The van der Waals surface area contributed by atoms with Gasteiger partial charge in [0, 0.05) is 42.1 Å². The van der Waals surface area contributed by atoms with Crippen molar-refractivity contribution in [2.45, 2.75) is 39.7 Å². The number of nitrogens with one attached hydrogen (secondary N) is 1. The number of hydrogen-bond donors (Lipinski definition) is 2. The molecule has 0 aromatic carbocycles. The number of nitrogens with zero attached hydrogens (tertiary/aromatic N) is 4. The molecule has 4 heterocycles. The molecular weight excluding hydrogens is 451 g/mol. The molecule has 1 aliphatic rings. The van der Waals surface area contributed by atoms with E-state index in [1.807, 2.05) is 18.5 Å². The Labute approximate surface area is 185 Å². The Balaban J connectivity index is 0.000000360. The summed E-state index contributed by atoms with van der Waals surface area (Å²) in [4.78, 5) is 8.90. The van der Waals surface area contributed by atoms with Gasteiger partial charge in [-0.1, -0.05) is 10.4 Å². The van der Waals surface area contributed by atoms with Gasteiger partial charge in [-0.05, 0) is 25.3 Å². The lowest BCUT2D eigenvalue weighted by Crippen LogP contribution is -2.28.